The highest BCUT2D eigenvalue weighted by atomic mass is 32.2. The first kappa shape index (κ1) is 18.0. The quantitative estimate of drug-likeness (QED) is 0.739. The van der Waals surface area contributed by atoms with Crippen LogP contribution in [0.1, 0.15) is 5.69 Å². The maximum Gasteiger partial charge on any atom is 0.250 e. The SMILES string of the molecule is CS(=O)(=O)N(CCNS(=O)(=O)c1cccs1)Cc1ccccn1. The number of nitrogens with one attached hydrogen (secondary N) is 1. The third-order valence-electron chi connectivity index (χ3n) is 2.95. The summed E-state index contributed by atoms with van der Waals surface area (Å²) in [7, 11) is -7.07. The van der Waals surface area contributed by atoms with Gasteiger partial charge in [0.2, 0.25) is 20.0 Å². The van der Waals surface area contributed by atoms with E-state index in [4.69, 9.17) is 0 Å². The summed E-state index contributed by atoms with van der Waals surface area (Å²) >= 11 is 1.10. The fraction of sp³-hybridized carbons (Fsp3) is 0.308. The summed E-state index contributed by atoms with van der Waals surface area (Å²) in [5, 5.41) is 1.67. The third-order valence-corrected chi connectivity index (χ3v) is 7.05. The van der Waals surface area contributed by atoms with Crippen molar-refractivity contribution in [2.24, 2.45) is 0 Å². The molecule has 0 saturated heterocycles. The predicted molar refractivity (Wildman–Crippen MR) is 89.0 cm³/mol. The molecule has 0 radical (unpaired) electrons. The zero-order valence-electron chi connectivity index (χ0n) is 12.4. The number of pyridine rings is 1. The van der Waals surface area contributed by atoms with Gasteiger partial charge in [0.25, 0.3) is 0 Å². The Labute approximate surface area is 140 Å². The van der Waals surface area contributed by atoms with Crippen molar-refractivity contribution >= 4 is 31.4 Å². The maximum atomic E-state index is 12.0. The van der Waals surface area contributed by atoms with Crippen molar-refractivity contribution in [1.29, 1.82) is 0 Å². The summed E-state index contributed by atoms with van der Waals surface area (Å²) in [5.74, 6) is 0. The van der Waals surface area contributed by atoms with Crippen LogP contribution in [0.15, 0.2) is 46.1 Å². The van der Waals surface area contributed by atoms with Crippen molar-refractivity contribution in [3.63, 3.8) is 0 Å². The molecule has 23 heavy (non-hydrogen) atoms. The molecular weight excluding hydrogens is 358 g/mol. The third kappa shape index (κ3) is 5.36. The molecular formula is C13H17N3O4S3. The molecule has 0 aliphatic heterocycles. The molecule has 126 valence electrons. The van der Waals surface area contributed by atoms with Gasteiger partial charge < -0.3 is 0 Å². The molecule has 0 bridgehead atoms. The summed E-state index contributed by atoms with van der Waals surface area (Å²) in [4.78, 5) is 4.09. The van der Waals surface area contributed by atoms with Crippen molar-refractivity contribution in [3.05, 3.63) is 47.6 Å². The molecule has 2 aromatic heterocycles. The summed E-state index contributed by atoms with van der Waals surface area (Å²) in [5.41, 5.74) is 0.596. The lowest BCUT2D eigenvalue weighted by atomic mass is 10.3. The van der Waals surface area contributed by atoms with Crippen LogP contribution >= 0.6 is 11.3 Å². The van der Waals surface area contributed by atoms with Crippen molar-refractivity contribution in [1.82, 2.24) is 14.0 Å². The van der Waals surface area contributed by atoms with Crippen LogP contribution in [0.3, 0.4) is 0 Å². The average molecular weight is 375 g/mol. The van der Waals surface area contributed by atoms with E-state index in [1.165, 1.54) is 10.4 Å². The molecule has 0 atom stereocenters. The second-order valence-corrected chi connectivity index (χ2v) is 9.67. The Morgan fingerprint density at radius 1 is 1.17 bits per heavy atom. The molecule has 2 heterocycles. The van der Waals surface area contributed by atoms with Crippen LogP contribution in [-0.2, 0) is 26.6 Å². The number of rotatable bonds is 8. The molecule has 7 nitrogen and oxygen atoms in total. The first-order chi connectivity index (χ1) is 10.8. The van der Waals surface area contributed by atoms with Crippen molar-refractivity contribution in [2.75, 3.05) is 19.3 Å². The predicted octanol–water partition coefficient (Wildman–Crippen LogP) is 0.883. The van der Waals surface area contributed by atoms with Gasteiger partial charge in [0.15, 0.2) is 0 Å². The largest absolute Gasteiger partial charge is 0.260 e. The van der Waals surface area contributed by atoms with Gasteiger partial charge in [-0.15, -0.1) is 11.3 Å². The van der Waals surface area contributed by atoms with Crippen LogP contribution in [0.4, 0.5) is 0 Å². The number of hydrogen-bond acceptors (Lipinski definition) is 6. The first-order valence-electron chi connectivity index (χ1n) is 6.67. The summed E-state index contributed by atoms with van der Waals surface area (Å²) in [6.07, 6.45) is 2.67. The highest BCUT2D eigenvalue weighted by Gasteiger charge is 2.20. The zero-order chi connectivity index (χ0) is 16.9. The molecule has 0 aliphatic carbocycles. The van der Waals surface area contributed by atoms with E-state index in [2.05, 4.69) is 9.71 Å². The summed E-state index contributed by atoms with van der Waals surface area (Å²) in [6, 6.07) is 8.36. The lowest BCUT2D eigenvalue weighted by molar-refractivity contribution is 0.408. The number of sulfonamides is 2. The van der Waals surface area contributed by atoms with Crippen molar-refractivity contribution in [3.8, 4) is 0 Å². The highest BCUT2D eigenvalue weighted by Crippen LogP contribution is 2.15. The molecule has 10 heteroatoms. The van der Waals surface area contributed by atoms with Gasteiger partial charge in [-0.1, -0.05) is 12.1 Å². The van der Waals surface area contributed by atoms with Gasteiger partial charge in [0, 0.05) is 19.3 Å². The molecule has 0 spiro atoms. The number of thiophene rings is 1. The van der Waals surface area contributed by atoms with Gasteiger partial charge in [-0.2, -0.15) is 4.31 Å². The molecule has 1 N–H and O–H groups in total. The Morgan fingerprint density at radius 3 is 2.52 bits per heavy atom. The van der Waals surface area contributed by atoms with E-state index in [1.54, 1.807) is 35.8 Å². The van der Waals surface area contributed by atoms with E-state index >= 15 is 0 Å². The molecule has 2 rings (SSSR count). The standard InChI is InChI=1S/C13H17N3O4S3/c1-22(17,18)16(11-12-5-2-3-7-14-12)9-8-15-23(19,20)13-6-4-10-21-13/h2-7,10,15H,8-9,11H2,1H3. The Bertz CT molecular complexity index is 819. The topological polar surface area (TPSA) is 96.4 Å². The fourth-order valence-electron chi connectivity index (χ4n) is 1.83. The van der Waals surface area contributed by atoms with Gasteiger partial charge in [-0.3, -0.25) is 4.98 Å². The Hall–Kier alpha value is -1.33. The van der Waals surface area contributed by atoms with E-state index in [0.29, 0.717) is 5.69 Å². The Morgan fingerprint density at radius 2 is 1.96 bits per heavy atom. The van der Waals surface area contributed by atoms with Crippen LogP contribution in [0.5, 0.6) is 0 Å². The highest BCUT2D eigenvalue weighted by molar-refractivity contribution is 7.91. The van der Waals surface area contributed by atoms with E-state index in [1.807, 2.05) is 0 Å². The number of aromatic nitrogens is 1. The van der Waals surface area contributed by atoms with Gasteiger partial charge >= 0.3 is 0 Å². The first-order valence-corrected chi connectivity index (χ1v) is 10.9. The summed E-state index contributed by atoms with van der Waals surface area (Å²) in [6.45, 7) is 0.112. The second kappa shape index (κ2) is 7.49. The smallest absolute Gasteiger partial charge is 0.250 e. The number of hydrogen-bond donors (Lipinski definition) is 1. The van der Waals surface area contributed by atoms with Crippen LogP contribution in [-0.4, -0.2) is 45.5 Å². The average Bonchev–Trinajstić information content (AvgIpc) is 3.01. The lowest BCUT2D eigenvalue weighted by Gasteiger charge is -2.19. The summed E-state index contributed by atoms with van der Waals surface area (Å²) < 4.78 is 51.5. The van der Waals surface area contributed by atoms with Crippen LogP contribution < -0.4 is 4.72 Å². The van der Waals surface area contributed by atoms with Crippen molar-refractivity contribution < 1.29 is 16.8 Å². The Balaban J connectivity index is 2.00. The van der Waals surface area contributed by atoms with Gasteiger partial charge in [-0.05, 0) is 23.6 Å². The molecule has 0 saturated carbocycles. The van der Waals surface area contributed by atoms with Crippen LogP contribution in [0.2, 0.25) is 0 Å². The van der Waals surface area contributed by atoms with E-state index in [0.717, 1.165) is 17.6 Å². The molecule has 0 fully saturated rings. The lowest BCUT2D eigenvalue weighted by Crippen LogP contribution is -2.37. The molecule has 0 unspecified atom stereocenters. The van der Waals surface area contributed by atoms with Gasteiger partial charge in [-0.25, -0.2) is 21.6 Å². The van der Waals surface area contributed by atoms with Gasteiger partial charge in [0.1, 0.15) is 4.21 Å². The monoisotopic (exact) mass is 375 g/mol. The normalized spacial score (nSPS) is 12.6. The van der Waals surface area contributed by atoms with E-state index < -0.39 is 20.0 Å². The minimum atomic E-state index is -3.60. The molecule has 0 aliphatic rings. The van der Waals surface area contributed by atoms with Crippen LogP contribution in [0, 0.1) is 0 Å². The molecule has 2 aromatic rings. The minimum absolute atomic E-state index is 0.0138. The van der Waals surface area contributed by atoms with Gasteiger partial charge in [0.05, 0.1) is 18.5 Å². The number of nitrogens with zero attached hydrogens (tertiary/aromatic N) is 2. The Kier molecular flexibility index (Phi) is 5.87. The maximum absolute atomic E-state index is 12.0. The molecule has 0 amide bonds. The zero-order valence-corrected chi connectivity index (χ0v) is 14.9. The minimum Gasteiger partial charge on any atom is -0.260 e. The molecule has 0 aromatic carbocycles. The van der Waals surface area contributed by atoms with Crippen LogP contribution in [0.25, 0.3) is 0 Å². The van der Waals surface area contributed by atoms with E-state index in [9.17, 15) is 16.8 Å². The van der Waals surface area contributed by atoms with E-state index in [-0.39, 0.29) is 23.8 Å². The fourth-order valence-corrected chi connectivity index (χ4v) is 4.67. The van der Waals surface area contributed by atoms with Crippen molar-refractivity contribution in [2.45, 2.75) is 10.8 Å². The second-order valence-electron chi connectivity index (χ2n) is 4.75.